The number of nitrogens with two attached hydrogens (primary N) is 1. The van der Waals surface area contributed by atoms with E-state index >= 15 is 0 Å². The second-order valence-electron chi connectivity index (χ2n) is 7.55. The monoisotopic (exact) mass is 364 g/mol. The Morgan fingerprint density at radius 3 is 2.41 bits per heavy atom. The highest BCUT2D eigenvalue weighted by Gasteiger charge is 2.49. The molecule has 1 saturated carbocycles. The smallest absolute Gasteiger partial charge is 0.233 e. The van der Waals surface area contributed by atoms with Crippen LogP contribution in [0.1, 0.15) is 45.1 Å². The van der Waals surface area contributed by atoms with Crippen molar-refractivity contribution in [3.8, 4) is 0 Å². The van der Waals surface area contributed by atoms with Crippen LogP contribution >= 0.6 is 15.9 Å². The van der Waals surface area contributed by atoms with Crippen molar-refractivity contribution in [3.63, 3.8) is 0 Å². The normalized spacial score (nSPS) is 26.4. The Labute approximate surface area is 141 Å². The van der Waals surface area contributed by atoms with E-state index in [1.807, 2.05) is 12.1 Å². The highest BCUT2D eigenvalue weighted by molar-refractivity contribution is 9.10. The SMILES string of the molecule is CC1(C)CN(C(=O)C2(c3ccc(Br)cc3)CCC2)CCC1N. The zero-order valence-electron chi connectivity index (χ0n) is 13.4. The van der Waals surface area contributed by atoms with E-state index < -0.39 is 0 Å². The fourth-order valence-corrected chi connectivity index (χ4v) is 4.04. The van der Waals surface area contributed by atoms with Gasteiger partial charge in [-0.2, -0.15) is 0 Å². The highest BCUT2D eigenvalue weighted by atomic mass is 79.9. The van der Waals surface area contributed by atoms with E-state index in [2.05, 4.69) is 46.8 Å². The van der Waals surface area contributed by atoms with Crippen molar-refractivity contribution in [2.24, 2.45) is 11.1 Å². The van der Waals surface area contributed by atoms with Crippen LogP contribution in [0.5, 0.6) is 0 Å². The van der Waals surface area contributed by atoms with Gasteiger partial charge in [-0.3, -0.25) is 4.79 Å². The Morgan fingerprint density at radius 2 is 1.91 bits per heavy atom. The number of halogens is 1. The molecule has 1 aliphatic carbocycles. The number of carbonyl (C=O) groups is 1. The molecular formula is C18H25BrN2O. The van der Waals surface area contributed by atoms with Crippen molar-refractivity contribution in [3.05, 3.63) is 34.3 Å². The number of hydrogen-bond donors (Lipinski definition) is 1. The molecule has 120 valence electrons. The third-order valence-corrected chi connectivity index (χ3v) is 6.14. The fraction of sp³-hybridized carbons (Fsp3) is 0.611. The van der Waals surface area contributed by atoms with Gasteiger partial charge in [0.2, 0.25) is 5.91 Å². The summed E-state index contributed by atoms with van der Waals surface area (Å²) in [6.45, 7) is 5.90. The molecule has 0 bridgehead atoms. The molecule has 0 spiro atoms. The van der Waals surface area contributed by atoms with Gasteiger partial charge in [0.1, 0.15) is 0 Å². The van der Waals surface area contributed by atoms with E-state index in [0.29, 0.717) is 5.91 Å². The minimum absolute atomic E-state index is 0.00143. The molecule has 1 unspecified atom stereocenters. The molecular weight excluding hydrogens is 340 g/mol. The number of amides is 1. The lowest BCUT2D eigenvalue weighted by atomic mass is 9.63. The Hall–Kier alpha value is -0.870. The van der Waals surface area contributed by atoms with E-state index in [9.17, 15) is 4.79 Å². The fourth-order valence-electron chi connectivity index (χ4n) is 3.78. The van der Waals surface area contributed by atoms with E-state index in [1.54, 1.807) is 0 Å². The summed E-state index contributed by atoms with van der Waals surface area (Å²) in [4.78, 5) is 15.3. The van der Waals surface area contributed by atoms with Crippen LogP contribution < -0.4 is 5.73 Å². The van der Waals surface area contributed by atoms with Gasteiger partial charge in [-0.05, 0) is 42.4 Å². The summed E-state index contributed by atoms with van der Waals surface area (Å²) in [6.07, 6.45) is 3.97. The molecule has 2 fully saturated rings. The number of nitrogens with zero attached hydrogens (tertiary/aromatic N) is 1. The van der Waals surface area contributed by atoms with Crippen LogP contribution in [0.15, 0.2) is 28.7 Å². The maximum Gasteiger partial charge on any atom is 0.233 e. The van der Waals surface area contributed by atoms with Gasteiger partial charge < -0.3 is 10.6 Å². The number of hydrogen-bond acceptors (Lipinski definition) is 2. The molecule has 3 nitrogen and oxygen atoms in total. The summed E-state index contributed by atoms with van der Waals surface area (Å²) in [7, 11) is 0. The predicted octanol–water partition coefficient (Wildman–Crippen LogP) is 3.46. The number of carbonyl (C=O) groups excluding carboxylic acids is 1. The highest BCUT2D eigenvalue weighted by Crippen LogP contribution is 2.46. The van der Waals surface area contributed by atoms with Crippen LogP contribution in [0.2, 0.25) is 0 Å². The molecule has 1 aromatic carbocycles. The van der Waals surface area contributed by atoms with E-state index in [4.69, 9.17) is 5.73 Å². The summed E-state index contributed by atoms with van der Waals surface area (Å²) in [6, 6.07) is 8.46. The maximum absolute atomic E-state index is 13.3. The number of piperidine rings is 1. The Kier molecular flexibility index (Phi) is 4.11. The molecule has 1 saturated heterocycles. The second-order valence-corrected chi connectivity index (χ2v) is 8.47. The van der Waals surface area contributed by atoms with Crippen molar-refractivity contribution in [2.45, 2.75) is 51.0 Å². The first-order chi connectivity index (χ1) is 10.3. The average molecular weight is 365 g/mol. The molecule has 0 radical (unpaired) electrons. The molecule has 1 amide bonds. The quantitative estimate of drug-likeness (QED) is 0.873. The zero-order valence-corrected chi connectivity index (χ0v) is 15.0. The van der Waals surface area contributed by atoms with Gasteiger partial charge in [0.25, 0.3) is 0 Å². The van der Waals surface area contributed by atoms with Gasteiger partial charge in [0, 0.05) is 23.6 Å². The van der Waals surface area contributed by atoms with Gasteiger partial charge in [-0.1, -0.05) is 48.3 Å². The van der Waals surface area contributed by atoms with Crippen molar-refractivity contribution in [1.29, 1.82) is 0 Å². The second kappa shape index (κ2) is 5.64. The molecule has 1 aliphatic heterocycles. The summed E-state index contributed by atoms with van der Waals surface area (Å²) in [5.74, 6) is 0.307. The van der Waals surface area contributed by atoms with E-state index in [-0.39, 0.29) is 16.9 Å². The van der Waals surface area contributed by atoms with Crippen LogP contribution in [0.3, 0.4) is 0 Å². The van der Waals surface area contributed by atoms with Crippen LogP contribution in [-0.4, -0.2) is 29.9 Å². The van der Waals surface area contributed by atoms with Gasteiger partial charge in [0.15, 0.2) is 0 Å². The largest absolute Gasteiger partial charge is 0.341 e. The standard InChI is InChI=1S/C18H25BrN2O/c1-17(2)12-21(11-8-15(17)20)16(22)18(9-3-10-18)13-4-6-14(19)7-5-13/h4-7,15H,3,8-12,20H2,1-2H3. The Balaban J connectivity index is 1.85. The lowest BCUT2D eigenvalue weighted by Crippen LogP contribution is -2.59. The molecule has 2 aliphatic rings. The van der Waals surface area contributed by atoms with Crippen molar-refractivity contribution in [2.75, 3.05) is 13.1 Å². The van der Waals surface area contributed by atoms with Gasteiger partial charge in [0.05, 0.1) is 5.41 Å². The van der Waals surface area contributed by atoms with Crippen LogP contribution in [0.25, 0.3) is 0 Å². The lowest BCUT2D eigenvalue weighted by Gasteiger charge is -2.49. The number of rotatable bonds is 2. The van der Waals surface area contributed by atoms with Gasteiger partial charge in [-0.25, -0.2) is 0 Å². The first-order valence-electron chi connectivity index (χ1n) is 8.16. The molecule has 3 rings (SSSR count). The first-order valence-corrected chi connectivity index (χ1v) is 8.95. The molecule has 0 aromatic heterocycles. The van der Waals surface area contributed by atoms with Gasteiger partial charge >= 0.3 is 0 Å². The zero-order chi connectivity index (χ0) is 16.0. The summed E-state index contributed by atoms with van der Waals surface area (Å²) < 4.78 is 1.06. The number of likely N-dealkylation sites (tertiary alicyclic amines) is 1. The minimum atomic E-state index is -0.293. The molecule has 22 heavy (non-hydrogen) atoms. The lowest BCUT2D eigenvalue weighted by molar-refractivity contribution is -0.144. The molecule has 1 heterocycles. The maximum atomic E-state index is 13.3. The van der Waals surface area contributed by atoms with Gasteiger partial charge in [-0.15, -0.1) is 0 Å². The van der Waals surface area contributed by atoms with Crippen molar-refractivity contribution in [1.82, 2.24) is 4.90 Å². The molecule has 2 N–H and O–H groups in total. The molecule has 1 aromatic rings. The van der Waals surface area contributed by atoms with Crippen LogP contribution in [0, 0.1) is 5.41 Å². The van der Waals surface area contributed by atoms with E-state index in [1.165, 1.54) is 5.56 Å². The Bertz CT molecular complexity index is 563. The summed E-state index contributed by atoms with van der Waals surface area (Å²) >= 11 is 3.48. The topological polar surface area (TPSA) is 46.3 Å². The third-order valence-electron chi connectivity index (χ3n) is 5.61. The molecule has 4 heteroatoms. The number of benzene rings is 1. The van der Waals surface area contributed by atoms with Crippen molar-refractivity contribution < 1.29 is 4.79 Å². The third kappa shape index (κ3) is 2.61. The first kappa shape index (κ1) is 16.0. The van der Waals surface area contributed by atoms with E-state index in [0.717, 1.165) is 43.2 Å². The average Bonchev–Trinajstić information content (AvgIpc) is 2.42. The van der Waals surface area contributed by atoms with Crippen LogP contribution in [-0.2, 0) is 10.2 Å². The summed E-state index contributed by atoms with van der Waals surface area (Å²) in [5.41, 5.74) is 7.09. The van der Waals surface area contributed by atoms with Crippen LogP contribution in [0.4, 0.5) is 0 Å². The minimum Gasteiger partial charge on any atom is -0.341 e. The molecule has 1 atom stereocenters. The predicted molar refractivity (Wildman–Crippen MR) is 92.6 cm³/mol. The van der Waals surface area contributed by atoms with Crippen molar-refractivity contribution >= 4 is 21.8 Å². The summed E-state index contributed by atoms with van der Waals surface area (Å²) in [5, 5.41) is 0. The Morgan fingerprint density at radius 1 is 1.27 bits per heavy atom.